The van der Waals surface area contributed by atoms with Crippen molar-refractivity contribution in [2.75, 3.05) is 17.3 Å². The number of aryl methyl sites for hydroxylation is 1. The number of nitrogens with one attached hydrogen (secondary N) is 1. The Balaban J connectivity index is 1.80. The summed E-state index contributed by atoms with van der Waals surface area (Å²) in [5.74, 6) is -0.0835. The van der Waals surface area contributed by atoms with Crippen LogP contribution in [0.2, 0.25) is 0 Å². The van der Waals surface area contributed by atoms with Gasteiger partial charge in [-0.05, 0) is 43.0 Å². The molecular formula is C18H21N3O2. The number of benzene rings is 1. The molecule has 2 aliphatic rings. The van der Waals surface area contributed by atoms with Crippen molar-refractivity contribution < 1.29 is 9.59 Å². The maximum absolute atomic E-state index is 12.6. The highest BCUT2D eigenvalue weighted by Crippen LogP contribution is 2.37. The predicted molar refractivity (Wildman–Crippen MR) is 87.9 cm³/mol. The van der Waals surface area contributed by atoms with E-state index in [1.165, 1.54) is 0 Å². The van der Waals surface area contributed by atoms with Gasteiger partial charge in [-0.2, -0.15) is 5.26 Å². The number of carbonyl (C=O) groups excluding carboxylic acids is 2. The van der Waals surface area contributed by atoms with Gasteiger partial charge < -0.3 is 10.2 Å². The van der Waals surface area contributed by atoms with Crippen LogP contribution < -0.4 is 10.2 Å². The SMILES string of the molecule is CN1C(=O)CCc2cc(NC(=O)C3(C#N)CCCCC3)ccc21. The molecule has 0 saturated heterocycles. The van der Waals surface area contributed by atoms with Crippen LogP contribution in [0.15, 0.2) is 18.2 Å². The number of rotatable bonds is 2. The monoisotopic (exact) mass is 311 g/mol. The number of anilines is 2. The summed E-state index contributed by atoms with van der Waals surface area (Å²) in [6.45, 7) is 0. The van der Waals surface area contributed by atoms with Crippen molar-refractivity contribution in [2.24, 2.45) is 5.41 Å². The van der Waals surface area contributed by atoms with Crippen molar-refractivity contribution in [3.05, 3.63) is 23.8 Å². The van der Waals surface area contributed by atoms with E-state index in [1.54, 1.807) is 18.0 Å². The van der Waals surface area contributed by atoms with Crippen molar-refractivity contribution in [1.29, 1.82) is 5.26 Å². The second-order valence-corrected chi connectivity index (χ2v) is 6.50. The van der Waals surface area contributed by atoms with E-state index in [4.69, 9.17) is 0 Å². The highest BCUT2D eigenvalue weighted by molar-refractivity contribution is 5.99. The fraction of sp³-hybridized carbons (Fsp3) is 0.500. The van der Waals surface area contributed by atoms with Gasteiger partial charge in [0.05, 0.1) is 6.07 Å². The van der Waals surface area contributed by atoms with E-state index in [0.717, 1.165) is 30.5 Å². The summed E-state index contributed by atoms with van der Waals surface area (Å²) in [5, 5.41) is 12.4. The number of amides is 2. The number of nitrogens with zero attached hydrogens (tertiary/aromatic N) is 2. The molecule has 1 heterocycles. The number of nitriles is 1. The Hall–Kier alpha value is -2.35. The summed E-state index contributed by atoms with van der Waals surface area (Å²) in [4.78, 5) is 26.0. The number of carbonyl (C=O) groups is 2. The third-order valence-electron chi connectivity index (χ3n) is 5.04. The fourth-order valence-corrected chi connectivity index (χ4v) is 3.53. The third kappa shape index (κ3) is 2.81. The molecule has 1 aliphatic heterocycles. The normalized spacial score (nSPS) is 19.7. The molecule has 0 aromatic heterocycles. The first-order chi connectivity index (χ1) is 11.1. The van der Waals surface area contributed by atoms with Gasteiger partial charge in [0, 0.05) is 24.8 Å². The molecule has 0 radical (unpaired) electrons. The molecule has 120 valence electrons. The molecule has 1 N–H and O–H groups in total. The molecule has 0 bridgehead atoms. The Bertz CT molecular complexity index is 684. The van der Waals surface area contributed by atoms with E-state index in [1.807, 2.05) is 12.1 Å². The van der Waals surface area contributed by atoms with Crippen LogP contribution in [0.25, 0.3) is 0 Å². The lowest BCUT2D eigenvalue weighted by Gasteiger charge is -2.30. The lowest BCUT2D eigenvalue weighted by Crippen LogP contribution is -2.37. The average Bonchev–Trinajstić information content (AvgIpc) is 2.59. The topological polar surface area (TPSA) is 73.2 Å². The van der Waals surface area contributed by atoms with Gasteiger partial charge in [-0.15, -0.1) is 0 Å². The molecule has 1 aromatic rings. The standard InChI is InChI=1S/C18H21N3O2/c1-21-15-7-6-14(11-13(15)5-8-16(21)22)20-17(23)18(12-19)9-3-2-4-10-18/h6-7,11H,2-5,8-10H2,1H3,(H,20,23). The molecule has 2 amide bonds. The van der Waals surface area contributed by atoms with Crippen LogP contribution in [0.1, 0.15) is 44.1 Å². The zero-order valence-corrected chi connectivity index (χ0v) is 13.4. The summed E-state index contributed by atoms with van der Waals surface area (Å²) in [5.41, 5.74) is 1.77. The van der Waals surface area contributed by atoms with Crippen molar-refractivity contribution in [3.63, 3.8) is 0 Å². The lowest BCUT2D eigenvalue weighted by atomic mass is 9.74. The Morgan fingerprint density at radius 3 is 2.70 bits per heavy atom. The second kappa shape index (κ2) is 6.04. The smallest absolute Gasteiger partial charge is 0.244 e. The molecule has 0 atom stereocenters. The number of hydrogen-bond donors (Lipinski definition) is 1. The second-order valence-electron chi connectivity index (χ2n) is 6.50. The molecule has 23 heavy (non-hydrogen) atoms. The quantitative estimate of drug-likeness (QED) is 0.912. The van der Waals surface area contributed by atoms with E-state index in [0.29, 0.717) is 31.4 Å². The first kappa shape index (κ1) is 15.5. The molecule has 5 heteroatoms. The number of hydrogen-bond acceptors (Lipinski definition) is 3. The van der Waals surface area contributed by atoms with Crippen LogP contribution in [0.5, 0.6) is 0 Å². The molecule has 1 aliphatic carbocycles. The minimum absolute atomic E-state index is 0.111. The highest BCUT2D eigenvalue weighted by Gasteiger charge is 2.39. The Labute approximate surface area is 136 Å². The molecule has 1 aromatic carbocycles. The summed E-state index contributed by atoms with van der Waals surface area (Å²) in [6.07, 6.45) is 5.40. The van der Waals surface area contributed by atoms with Gasteiger partial charge >= 0.3 is 0 Å². The van der Waals surface area contributed by atoms with E-state index in [9.17, 15) is 14.9 Å². The van der Waals surface area contributed by atoms with Crippen LogP contribution in [0.3, 0.4) is 0 Å². The minimum Gasteiger partial charge on any atom is -0.325 e. The number of fused-ring (bicyclic) bond motifs is 1. The average molecular weight is 311 g/mol. The van der Waals surface area contributed by atoms with Gasteiger partial charge in [0.2, 0.25) is 11.8 Å². The zero-order chi connectivity index (χ0) is 16.4. The molecular weight excluding hydrogens is 290 g/mol. The summed E-state index contributed by atoms with van der Waals surface area (Å²) < 4.78 is 0. The molecule has 0 spiro atoms. The van der Waals surface area contributed by atoms with Crippen LogP contribution in [-0.2, 0) is 16.0 Å². The zero-order valence-electron chi connectivity index (χ0n) is 13.4. The Morgan fingerprint density at radius 2 is 2.00 bits per heavy atom. The summed E-state index contributed by atoms with van der Waals surface area (Å²) in [6, 6.07) is 7.84. The molecule has 1 saturated carbocycles. The van der Waals surface area contributed by atoms with E-state index in [-0.39, 0.29) is 11.8 Å². The van der Waals surface area contributed by atoms with E-state index in [2.05, 4.69) is 11.4 Å². The molecule has 0 unspecified atom stereocenters. The van der Waals surface area contributed by atoms with Crippen LogP contribution in [0, 0.1) is 16.7 Å². The van der Waals surface area contributed by atoms with Gasteiger partial charge in [-0.3, -0.25) is 9.59 Å². The first-order valence-electron chi connectivity index (χ1n) is 8.18. The van der Waals surface area contributed by atoms with E-state index >= 15 is 0 Å². The minimum atomic E-state index is -0.888. The fourth-order valence-electron chi connectivity index (χ4n) is 3.53. The Kier molecular flexibility index (Phi) is 4.08. The maximum Gasteiger partial charge on any atom is 0.244 e. The van der Waals surface area contributed by atoms with Crippen LogP contribution in [0.4, 0.5) is 11.4 Å². The van der Waals surface area contributed by atoms with Crippen LogP contribution >= 0.6 is 0 Å². The summed E-state index contributed by atoms with van der Waals surface area (Å²) >= 11 is 0. The predicted octanol–water partition coefficient (Wildman–Crippen LogP) is 3.01. The highest BCUT2D eigenvalue weighted by atomic mass is 16.2. The van der Waals surface area contributed by atoms with Crippen molar-refractivity contribution in [1.82, 2.24) is 0 Å². The van der Waals surface area contributed by atoms with Gasteiger partial charge in [-0.1, -0.05) is 19.3 Å². The molecule has 1 fully saturated rings. The Morgan fingerprint density at radius 1 is 1.26 bits per heavy atom. The van der Waals surface area contributed by atoms with Crippen molar-refractivity contribution in [3.8, 4) is 6.07 Å². The molecule has 5 nitrogen and oxygen atoms in total. The van der Waals surface area contributed by atoms with Crippen LogP contribution in [-0.4, -0.2) is 18.9 Å². The largest absolute Gasteiger partial charge is 0.325 e. The van der Waals surface area contributed by atoms with E-state index < -0.39 is 5.41 Å². The first-order valence-corrected chi connectivity index (χ1v) is 8.18. The van der Waals surface area contributed by atoms with Crippen molar-refractivity contribution >= 4 is 23.2 Å². The maximum atomic E-state index is 12.6. The lowest BCUT2D eigenvalue weighted by molar-refractivity contribution is -0.124. The molecule has 3 rings (SSSR count). The third-order valence-corrected chi connectivity index (χ3v) is 5.04. The van der Waals surface area contributed by atoms with Crippen molar-refractivity contribution in [2.45, 2.75) is 44.9 Å². The van der Waals surface area contributed by atoms with Gasteiger partial charge in [0.25, 0.3) is 0 Å². The van der Waals surface area contributed by atoms with Gasteiger partial charge in [0.1, 0.15) is 5.41 Å². The van der Waals surface area contributed by atoms with Gasteiger partial charge in [0.15, 0.2) is 0 Å². The van der Waals surface area contributed by atoms with Gasteiger partial charge in [-0.25, -0.2) is 0 Å². The summed E-state index contributed by atoms with van der Waals surface area (Å²) in [7, 11) is 1.77.